The summed E-state index contributed by atoms with van der Waals surface area (Å²) in [5.74, 6) is -0.233. The molecular weight excluding hydrogens is 320 g/mol. The molecule has 0 saturated heterocycles. The maximum atomic E-state index is 12.4. The third-order valence-electron chi connectivity index (χ3n) is 3.95. The van der Waals surface area contributed by atoms with Crippen LogP contribution in [-0.2, 0) is 11.2 Å². The highest BCUT2D eigenvalue weighted by molar-refractivity contribution is 5.92. The molecule has 2 heterocycles. The fourth-order valence-corrected chi connectivity index (χ4v) is 2.90. The average Bonchev–Trinajstić information content (AvgIpc) is 2.99. The summed E-state index contributed by atoms with van der Waals surface area (Å²) >= 11 is 0. The minimum atomic E-state index is -0.586. The lowest BCUT2D eigenvalue weighted by molar-refractivity contribution is 0.0508. The Kier molecular flexibility index (Phi) is 4.57. The van der Waals surface area contributed by atoms with E-state index in [1.807, 2.05) is 20.8 Å². The van der Waals surface area contributed by atoms with Gasteiger partial charge < -0.3 is 10.1 Å². The quantitative estimate of drug-likeness (QED) is 0.907. The summed E-state index contributed by atoms with van der Waals surface area (Å²) in [7, 11) is 0. The number of fused-ring (bicyclic) bond motifs is 1. The van der Waals surface area contributed by atoms with Crippen LogP contribution in [0.3, 0.4) is 0 Å². The Labute approximate surface area is 146 Å². The molecule has 132 valence electrons. The number of rotatable bonds is 2. The second kappa shape index (κ2) is 6.66. The van der Waals surface area contributed by atoms with E-state index in [4.69, 9.17) is 4.74 Å². The SMILES string of the molecule is CC(C)(C)OC(=O)n1ncc2c1CCCC2NC(=O)c1ccccn1. The zero-order valence-corrected chi connectivity index (χ0v) is 14.7. The number of carbonyl (C=O) groups is 2. The van der Waals surface area contributed by atoms with Crippen LogP contribution in [0.15, 0.2) is 30.6 Å². The van der Waals surface area contributed by atoms with Gasteiger partial charge in [0.2, 0.25) is 0 Å². The molecule has 0 aromatic carbocycles. The van der Waals surface area contributed by atoms with Crippen molar-refractivity contribution in [2.24, 2.45) is 0 Å². The Hall–Kier alpha value is -2.70. The van der Waals surface area contributed by atoms with E-state index < -0.39 is 11.7 Å². The topological polar surface area (TPSA) is 86.1 Å². The van der Waals surface area contributed by atoms with Crippen molar-refractivity contribution in [3.05, 3.63) is 47.5 Å². The molecule has 1 aliphatic rings. The van der Waals surface area contributed by atoms with Crippen molar-refractivity contribution in [1.29, 1.82) is 0 Å². The van der Waals surface area contributed by atoms with Gasteiger partial charge >= 0.3 is 6.09 Å². The fraction of sp³-hybridized carbons (Fsp3) is 0.444. The van der Waals surface area contributed by atoms with Crippen LogP contribution in [0.1, 0.15) is 61.4 Å². The second-order valence-electron chi connectivity index (χ2n) is 7.07. The fourth-order valence-electron chi connectivity index (χ4n) is 2.90. The number of carbonyl (C=O) groups excluding carboxylic acids is 2. The van der Waals surface area contributed by atoms with Gasteiger partial charge in [0.15, 0.2) is 0 Å². The van der Waals surface area contributed by atoms with E-state index in [0.717, 1.165) is 30.5 Å². The predicted octanol–water partition coefficient (Wildman–Crippen LogP) is 2.87. The molecule has 3 rings (SSSR count). The minimum absolute atomic E-state index is 0.186. The summed E-state index contributed by atoms with van der Waals surface area (Å²) in [5.41, 5.74) is 1.44. The molecule has 0 spiro atoms. The molecule has 0 saturated carbocycles. The molecule has 2 aromatic heterocycles. The van der Waals surface area contributed by atoms with Crippen molar-refractivity contribution in [3.8, 4) is 0 Å². The smallest absolute Gasteiger partial charge is 0.435 e. The van der Waals surface area contributed by atoms with Crippen LogP contribution in [0.2, 0.25) is 0 Å². The van der Waals surface area contributed by atoms with Crippen molar-refractivity contribution < 1.29 is 14.3 Å². The Morgan fingerprint density at radius 3 is 2.80 bits per heavy atom. The first-order valence-electron chi connectivity index (χ1n) is 8.37. The Bertz CT molecular complexity index is 777. The number of hydrogen-bond acceptors (Lipinski definition) is 5. The zero-order valence-electron chi connectivity index (χ0n) is 14.7. The van der Waals surface area contributed by atoms with E-state index in [1.54, 1.807) is 30.6 Å². The van der Waals surface area contributed by atoms with Crippen molar-refractivity contribution in [1.82, 2.24) is 20.1 Å². The number of hydrogen-bond donors (Lipinski definition) is 1. The van der Waals surface area contributed by atoms with E-state index in [9.17, 15) is 9.59 Å². The van der Waals surface area contributed by atoms with Crippen LogP contribution >= 0.6 is 0 Å². The third-order valence-corrected chi connectivity index (χ3v) is 3.95. The van der Waals surface area contributed by atoms with Gasteiger partial charge in [0.25, 0.3) is 5.91 Å². The summed E-state index contributed by atoms with van der Waals surface area (Å²) in [4.78, 5) is 28.8. The highest BCUT2D eigenvalue weighted by Crippen LogP contribution is 2.30. The summed E-state index contributed by atoms with van der Waals surface area (Å²) in [5, 5.41) is 7.17. The number of ether oxygens (including phenoxy) is 1. The molecule has 1 aliphatic carbocycles. The first-order valence-corrected chi connectivity index (χ1v) is 8.37. The minimum Gasteiger partial charge on any atom is -0.442 e. The third kappa shape index (κ3) is 3.87. The molecule has 1 amide bonds. The van der Waals surface area contributed by atoms with Crippen LogP contribution < -0.4 is 5.32 Å². The first-order chi connectivity index (χ1) is 11.8. The molecule has 7 nitrogen and oxygen atoms in total. The van der Waals surface area contributed by atoms with E-state index >= 15 is 0 Å². The summed E-state index contributed by atoms with van der Waals surface area (Å²) < 4.78 is 6.70. The molecule has 1 N–H and O–H groups in total. The normalized spacial score (nSPS) is 16.8. The molecule has 1 atom stereocenters. The molecule has 0 aliphatic heterocycles. The molecule has 1 unspecified atom stereocenters. The van der Waals surface area contributed by atoms with E-state index in [1.165, 1.54) is 4.68 Å². The largest absolute Gasteiger partial charge is 0.442 e. The average molecular weight is 342 g/mol. The van der Waals surface area contributed by atoms with Gasteiger partial charge in [-0.2, -0.15) is 9.78 Å². The van der Waals surface area contributed by atoms with Crippen LogP contribution in [0.5, 0.6) is 0 Å². The molecule has 2 aromatic rings. The highest BCUT2D eigenvalue weighted by atomic mass is 16.6. The van der Waals surface area contributed by atoms with Crippen molar-refractivity contribution in [3.63, 3.8) is 0 Å². The monoisotopic (exact) mass is 342 g/mol. The summed E-state index contributed by atoms with van der Waals surface area (Å²) in [6.45, 7) is 5.45. The van der Waals surface area contributed by atoms with E-state index in [-0.39, 0.29) is 11.9 Å². The lowest BCUT2D eigenvalue weighted by Crippen LogP contribution is -2.33. The Morgan fingerprint density at radius 1 is 1.32 bits per heavy atom. The van der Waals surface area contributed by atoms with Gasteiger partial charge in [-0.15, -0.1) is 0 Å². The molecule has 0 bridgehead atoms. The molecule has 7 heteroatoms. The Morgan fingerprint density at radius 2 is 2.12 bits per heavy atom. The lowest BCUT2D eigenvalue weighted by Gasteiger charge is -2.24. The van der Waals surface area contributed by atoms with Gasteiger partial charge in [-0.05, 0) is 52.2 Å². The molecular formula is C18H22N4O3. The first kappa shape index (κ1) is 17.1. The predicted molar refractivity (Wildman–Crippen MR) is 91.2 cm³/mol. The number of pyridine rings is 1. The molecule has 25 heavy (non-hydrogen) atoms. The second-order valence-corrected chi connectivity index (χ2v) is 7.07. The van der Waals surface area contributed by atoms with Crippen molar-refractivity contribution in [2.75, 3.05) is 0 Å². The number of nitrogens with zero attached hydrogens (tertiary/aromatic N) is 3. The summed E-state index contributed by atoms with van der Waals surface area (Å²) in [6, 6.07) is 5.02. The highest BCUT2D eigenvalue weighted by Gasteiger charge is 2.29. The maximum Gasteiger partial charge on any atom is 0.435 e. The Balaban J connectivity index is 1.79. The van der Waals surface area contributed by atoms with Gasteiger partial charge in [0.05, 0.1) is 17.9 Å². The summed E-state index contributed by atoms with van der Waals surface area (Å²) in [6.07, 6.45) is 5.11. The lowest BCUT2D eigenvalue weighted by atomic mass is 9.93. The standard InChI is InChI=1S/C18H22N4O3/c1-18(2,3)25-17(24)22-15-9-6-8-13(12(15)11-20-22)21-16(23)14-7-4-5-10-19-14/h4-5,7,10-11,13H,6,8-9H2,1-3H3,(H,21,23). The van der Waals surface area contributed by atoms with Gasteiger partial charge in [-0.3, -0.25) is 9.78 Å². The van der Waals surface area contributed by atoms with Crippen LogP contribution in [-0.4, -0.2) is 32.4 Å². The number of aromatic nitrogens is 3. The van der Waals surface area contributed by atoms with Crippen molar-refractivity contribution >= 4 is 12.0 Å². The number of nitrogens with one attached hydrogen (secondary N) is 1. The van der Waals surface area contributed by atoms with Crippen LogP contribution in [0.4, 0.5) is 4.79 Å². The molecule has 0 radical (unpaired) electrons. The van der Waals surface area contributed by atoms with E-state index in [2.05, 4.69) is 15.4 Å². The van der Waals surface area contributed by atoms with Crippen molar-refractivity contribution in [2.45, 2.75) is 51.7 Å². The number of amides is 1. The zero-order chi connectivity index (χ0) is 18.0. The van der Waals surface area contributed by atoms with Gasteiger partial charge in [0, 0.05) is 11.8 Å². The van der Waals surface area contributed by atoms with E-state index in [0.29, 0.717) is 5.69 Å². The van der Waals surface area contributed by atoms with Crippen LogP contribution in [0.25, 0.3) is 0 Å². The van der Waals surface area contributed by atoms with Crippen LogP contribution in [0, 0.1) is 0 Å². The molecule has 0 fully saturated rings. The van der Waals surface area contributed by atoms with Gasteiger partial charge in [-0.25, -0.2) is 4.79 Å². The van der Waals surface area contributed by atoms with Gasteiger partial charge in [-0.1, -0.05) is 6.07 Å². The maximum absolute atomic E-state index is 12.4. The van der Waals surface area contributed by atoms with Gasteiger partial charge in [0.1, 0.15) is 11.3 Å².